The van der Waals surface area contributed by atoms with Gasteiger partial charge in [-0.25, -0.2) is 5.43 Å². The highest BCUT2D eigenvalue weighted by Crippen LogP contribution is 2.35. The summed E-state index contributed by atoms with van der Waals surface area (Å²) in [4.78, 5) is 12.1. The van der Waals surface area contributed by atoms with Crippen molar-refractivity contribution >= 4 is 74.5 Å². The van der Waals surface area contributed by atoms with Gasteiger partial charge in [-0.05, 0) is 70.0 Å². The molecule has 0 aliphatic carbocycles. The second kappa shape index (κ2) is 10.5. The maximum Gasteiger partial charge on any atom is 0.271 e. The molecule has 9 heteroatoms. The number of halogens is 5. The first-order chi connectivity index (χ1) is 14.3. The van der Waals surface area contributed by atoms with Crippen LogP contribution >= 0.6 is 62.3 Å². The van der Waals surface area contributed by atoms with Gasteiger partial charge >= 0.3 is 0 Å². The van der Waals surface area contributed by atoms with Crippen LogP contribution in [-0.2, 0) is 6.61 Å². The molecule has 1 N–H and O–H groups in total. The molecular formula is C21H13BrCl4N2O2. The van der Waals surface area contributed by atoms with Gasteiger partial charge in [0.1, 0.15) is 6.61 Å². The van der Waals surface area contributed by atoms with E-state index in [0.29, 0.717) is 41.4 Å². The predicted molar refractivity (Wildman–Crippen MR) is 126 cm³/mol. The number of hydrazone groups is 1. The highest BCUT2D eigenvalue weighted by Gasteiger charge is 2.11. The number of nitrogens with one attached hydrogen (secondary N) is 1. The Hall–Kier alpha value is -1.76. The van der Waals surface area contributed by atoms with Crippen molar-refractivity contribution in [3.8, 4) is 5.75 Å². The third kappa shape index (κ3) is 6.13. The summed E-state index contributed by atoms with van der Waals surface area (Å²) < 4.78 is 6.44. The Morgan fingerprint density at radius 1 is 0.967 bits per heavy atom. The van der Waals surface area contributed by atoms with Gasteiger partial charge in [-0.15, -0.1) is 0 Å². The summed E-state index contributed by atoms with van der Waals surface area (Å²) in [6, 6.07) is 15.1. The molecule has 0 bridgehead atoms. The van der Waals surface area contributed by atoms with Crippen LogP contribution in [0.2, 0.25) is 20.1 Å². The summed E-state index contributed by atoms with van der Waals surface area (Å²) in [5.74, 6) is 0.109. The highest BCUT2D eigenvalue weighted by atomic mass is 79.9. The molecule has 0 unspecified atom stereocenters. The lowest BCUT2D eigenvalue weighted by Gasteiger charge is -2.12. The molecule has 3 aromatic carbocycles. The zero-order chi connectivity index (χ0) is 21.7. The largest absolute Gasteiger partial charge is 0.486 e. The van der Waals surface area contributed by atoms with E-state index in [2.05, 4.69) is 26.5 Å². The highest BCUT2D eigenvalue weighted by molar-refractivity contribution is 9.10. The molecule has 3 aromatic rings. The van der Waals surface area contributed by atoms with Crippen molar-refractivity contribution in [1.82, 2.24) is 5.43 Å². The van der Waals surface area contributed by atoms with Gasteiger partial charge in [-0.3, -0.25) is 4.79 Å². The van der Waals surface area contributed by atoms with Gasteiger partial charge in [0.25, 0.3) is 5.91 Å². The van der Waals surface area contributed by atoms with Gasteiger partial charge in [0.15, 0.2) is 5.75 Å². The molecule has 0 saturated carbocycles. The fourth-order valence-electron chi connectivity index (χ4n) is 2.41. The molecular weight excluding hydrogens is 534 g/mol. The fourth-order valence-corrected chi connectivity index (χ4v) is 3.99. The summed E-state index contributed by atoms with van der Waals surface area (Å²) in [5, 5.41) is 5.94. The van der Waals surface area contributed by atoms with Crippen molar-refractivity contribution in [2.45, 2.75) is 6.61 Å². The Labute approximate surface area is 201 Å². The van der Waals surface area contributed by atoms with Crippen molar-refractivity contribution in [1.29, 1.82) is 0 Å². The smallest absolute Gasteiger partial charge is 0.271 e. The normalized spacial score (nSPS) is 11.0. The number of hydrogen-bond acceptors (Lipinski definition) is 3. The lowest BCUT2D eigenvalue weighted by atomic mass is 10.2. The fraction of sp³-hybridized carbons (Fsp3) is 0.0476. The summed E-state index contributed by atoms with van der Waals surface area (Å²) >= 11 is 27.7. The summed E-state index contributed by atoms with van der Waals surface area (Å²) in [7, 11) is 0. The SMILES string of the molecule is O=C(N/N=C\c1cc(Cl)c(OCc2ccc(Cl)cc2Cl)c(Br)c1)c1ccc(Cl)cc1. The summed E-state index contributed by atoms with van der Waals surface area (Å²) in [5.41, 5.74) is 4.34. The summed E-state index contributed by atoms with van der Waals surface area (Å²) in [6.45, 7) is 0.221. The van der Waals surface area contributed by atoms with Crippen LogP contribution in [-0.4, -0.2) is 12.1 Å². The van der Waals surface area contributed by atoms with Crippen molar-refractivity contribution < 1.29 is 9.53 Å². The first kappa shape index (κ1) is 22.9. The monoisotopic (exact) mass is 544 g/mol. The Morgan fingerprint density at radius 3 is 2.33 bits per heavy atom. The van der Waals surface area contributed by atoms with Crippen LogP contribution in [0.4, 0.5) is 0 Å². The third-order valence-electron chi connectivity index (χ3n) is 3.89. The average Bonchev–Trinajstić information content (AvgIpc) is 2.69. The Bertz CT molecular complexity index is 1080. The zero-order valence-electron chi connectivity index (χ0n) is 15.1. The standard InChI is InChI=1S/C21H13BrCl4N2O2/c22-17-7-12(10-27-28-21(29)13-1-4-15(23)5-2-13)8-19(26)20(17)30-11-14-3-6-16(24)9-18(14)25/h1-10H,11H2,(H,28,29)/b27-10-. The van der Waals surface area contributed by atoms with Crippen LogP contribution in [0.15, 0.2) is 64.2 Å². The van der Waals surface area contributed by atoms with E-state index in [0.717, 1.165) is 5.56 Å². The Kier molecular flexibility index (Phi) is 8.03. The van der Waals surface area contributed by atoms with E-state index in [1.54, 1.807) is 54.6 Å². The zero-order valence-corrected chi connectivity index (χ0v) is 19.7. The number of benzene rings is 3. The molecule has 0 aliphatic rings. The van der Waals surface area contributed by atoms with Gasteiger partial charge < -0.3 is 4.74 Å². The molecule has 0 aliphatic heterocycles. The first-order valence-electron chi connectivity index (χ1n) is 8.48. The molecule has 0 fully saturated rings. The molecule has 0 atom stereocenters. The molecule has 4 nitrogen and oxygen atoms in total. The molecule has 1 amide bonds. The van der Waals surface area contributed by atoms with E-state index in [1.165, 1.54) is 6.21 Å². The van der Waals surface area contributed by atoms with Gasteiger partial charge in [0, 0.05) is 26.2 Å². The van der Waals surface area contributed by atoms with Crippen LogP contribution in [0.1, 0.15) is 21.5 Å². The lowest BCUT2D eigenvalue weighted by molar-refractivity contribution is 0.0955. The van der Waals surface area contributed by atoms with E-state index < -0.39 is 0 Å². The minimum atomic E-state index is -0.354. The second-order valence-electron chi connectivity index (χ2n) is 6.04. The number of carbonyl (C=O) groups is 1. The van der Waals surface area contributed by atoms with Gasteiger partial charge in [-0.1, -0.05) is 52.5 Å². The molecule has 0 spiro atoms. The van der Waals surface area contributed by atoms with Crippen molar-refractivity contribution in [2.24, 2.45) is 5.10 Å². The summed E-state index contributed by atoms with van der Waals surface area (Å²) in [6.07, 6.45) is 1.48. The minimum Gasteiger partial charge on any atom is -0.486 e. The van der Waals surface area contributed by atoms with E-state index >= 15 is 0 Å². The maximum atomic E-state index is 12.1. The lowest BCUT2D eigenvalue weighted by Crippen LogP contribution is -2.17. The minimum absolute atomic E-state index is 0.221. The third-order valence-corrected chi connectivity index (χ3v) is 5.60. The van der Waals surface area contributed by atoms with Crippen molar-refractivity contribution in [3.63, 3.8) is 0 Å². The topological polar surface area (TPSA) is 50.7 Å². The number of amides is 1. The number of nitrogens with zero attached hydrogens (tertiary/aromatic N) is 1. The number of rotatable bonds is 6. The molecule has 30 heavy (non-hydrogen) atoms. The van der Waals surface area contributed by atoms with Gasteiger partial charge in [0.05, 0.1) is 15.7 Å². The van der Waals surface area contributed by atoms with Crippen LogP contribution in [0.5, 0.6) is 5.75 Å². The molecule has 3 rings (SSSR count). The predicted octanol–water partition coefficient (Wildman–Crippen LogP) is 7.41. The van der Waals surface area contributed by atoms with Gasteiger partial charge in [0.2, 0.25) is 0 Å². The van der Waals surface area contributed by atoms with Crippen molar-refractivity contribution in [2.75, 3.05) is 0 Å². The van der Waals surface area contributed by atoms with E-state index in [4.69, 9.17) is 51.1 Å². The van der Waals surface area contributed by atoms with E-state index in [9.17, 15) is 4.79 Å². The van der Waals surface area contributed by atoms with E-state index in [-0.39, 0.29) is 12.5 Å². The number of hydrogen-bond donors (Lipinski definition) is 1. The molecule has 154 valence electrons. The Balaban J connectivity index is 1.65. The molecule has 0 heterocycles. The quantitative estimate of drug-likeness (QED) is 0.258. The number of ether oxygens (including phenoxy) is 1. The van der Waals surface area contributed by atoms with Crippen LogP contribution < -0.4 is 10.2 Å². The van der Waals surface area contributed by atoms with Crippen LogP contribution in [0.25, 0.3) is 0 Å². The number of carbonyl (C=O) groups excluding carboxylic acids is 1. The van der Waals surface area contributed by atoms with Gasteiger partial charge in [-0.2, -0.15) is 5.10 Å². The molecule has 0 saturated heterocycles. The van der Waals surface area contributed by atoms with Crippen LogP contribution in [0.3, 0.4) is 0 Å². The Morgan fingerprint density at radius 2 is 1.67 bits per heavy atom. The van der Waals surface area contributed by atoms with Crippen molar-refractivity contribution in [3.05, 3.63) is 95.9 Å². The average molecular weight is 547 g/mol. The molecule has 0 radical (unpaired) electrons. The maximum absolute atomic E-state index is 12.1. The van der Waals surface area contributed by atoms with Crippen LogP contribution in [0, 0.1) is 0 Å². The molecule has 0 aromatic heterocycles. The second-order valence-corrected chi connectivity index (χ2v) is 8.59. The first-order valence-corrected chi connectivity index (χ1v) is 10.8. The van der Waals surface area contributed by atoms with E-state index in [1.807, 2.05) is 0 Å².